The molecule has 7 rings (SSSR count). The van der Waals surface area contributed by atoms with Gasteiger partial charge in [0, 0.05) is 61.4 Å². The molecule has 3 aliphatic heterocycles. The third-order valence-electron chi connectivity index (χ3n) is 12.9. The Morgan fingerprint density at radius 3 is 2.20 bits per heavy atom. The van der Waals surface area contributed by atoms with Gasteiger partial charge in [0.25, 0.3) is 17.7 Å². The average molecular weight is 913 g/mol. The molecule has 3 N–H and O–H groups in total. The molecule has 3 aromatic carbocycles. The van der Waals surface area contributed by atoms with E-state index >= 15 is 4.39 Å². The molecule has 0 spiro atoms. The van der Waals surface area contributed by atoms with Crippen molar-refractivity contribution in [1.29, 1.82) is 0 Å². The number of piperazine rings is 1. The quantitative estimate of drug-likeness (QED) is 0.0438. The first kappa shape index (κ1) is 47.5. The van der Waals surface area contributed by atoms with Crippen LogP contribution in [0.5, 0.6) is 0 Å². The number of benzene rings is 3. The number of aromatic nitrogens is 1. The van der Waals surface area contributed by atoms with E-state index in [2.05, 4.69) is 20.5 Å². The molecule has 0 radical (unpaired) electrons. The van der Waals surface area contributed by atoms with Crippen LogP contribution in [-0.4, -0.2) is 88.4 Å². The van der Waals surface area contributed by atoms with Gasteiger partial charge in [-0.3, -0.25) is 48.7 Å². The Morgan fingerprint density at radius 1 is 0.818 bits per heavy atom. The number of pyridine rings is 1. The standard InChI is InChI=1S/C49H52F4N6O7/c1-28-26-58(27-29(2)57(28)3)39-19-17-31(23-38(39)55-45(63)35-25-54-43(62)24-36(35)49(51,52)53)33-18-16-32(22-37(33)50)41(60)15-10-8-6-4-5-7-9-12-30-13-11-14-34-44(30)48(66)59(47(34)65)40-20-21-42(61)56-46(40)64/h11,13-14,16-19,22-25,28-29,40H,4-10,12,15,20-21,26-27H2,1-3H3,(H,54,62)(H,55,63)(H,56,61,64)/t28-,29+,40?. The summed E-state index contributed by atoms with van der Waals surface area (Å²) >= 11 is 0. The van der Waals surface area contributed by atoms with E-state index in [4.69, 9.17) is 0 Å². The number of aromatic amines is 1. The zero-order valence-corrected chi connectivity index (χ0v) is 37.0. The zero-order valence-electron chi connectivity index (χ0n) is 37.0. The predicted octanol–water partition coefficient (Wildman–Crippen LogP) is 7.93. The number of Topliss-reactive ketones (excluding diaryl/α,β-unsaturated/α-hetero) is 1. The molecular formula is C49H52F4N6O7. The summed E-state index contributed by atoms with van der Waals surface area (Å²) in [5.41, 5.74) is -0.529. The van der Waals surface area contributed by atoms with Crippen LogP contribution in [0.3, 0.4) is 0 Å². The predicted molar refractivity (Wildman–Crippen MR) is 239 cm³/mol. The molecule has 0 saturated carbocycles. The number of rotatable bonds is 16. The fraction of sp³-hybridized carbons (Fsp3) is 0.408. The highest BCUT2D eigenvalue weighted by atomic mass is 19.4. The Bertz CT molecular complexity index is 2620. The van der Waals surface area contributed by atoms with Crippen LogP contribution in [0.1, 0.15) is 131 Å². The molecule has 3 atom stereocenters. The Balaban J connectivity index is 0.918. The number of piperidine rings is 1. The second-order valence-corrected chi connectivity index (χ2v) is 17.5. The van der Waals surface area contributed by atoms with Gasteiger partial charge < -0.3 is 15.2 Å². The van der Waals surface area contributed by atoms with Crippen LogP contribution in [0.2, 0.25) is 0 Å². The number of amides is 5. The number of carbonyl (C=O) groups excluding carboxylic acids is 6. The summed E-state index contributed by atoms with van der Waals surface area (Å²) in [5.74, 6) is -4.13. The number of anilines is 2. The van der Waals surface area contributed by atoms with Crippen LogP contribution in [0.15, 0.2) is 71.7 Å². The first-order valence-electron chi connectivity index (χ1n) is 22.3. The molecular weight excluding hydrogens is 861 g/mol. The normalized spacial score (nSPS) is 19.0. The van der Waals surface area contributed by atoms with Crippen LogP contribution in [0.25, 0.3) is 11.1 Å². The number of nitrogens with one attached hydrogen (secondary N) is 3. The van der Waals surface area contributed by atoms with Crippen LogP contribution in [-0.2, 0) is 22.2 Å². The zero-order chi connectivity index (χ0) is 47.4. The van der Waals surface area contributed by atoms with Gasteiger partial charge in [-0.25, -0.2) is 4.39 Å². The van der Waals surface area contributed by atoms with Crippen molar-refractivity contribution in [2.45, 2.75) is 109 Å². The van der Waals surface area contributed by atoms with E-state index in [1.807, 2.05) is 31.9 Å². The van der Waals surface area contributed by atoms with Crippen molar-refractivity contribution in [3.63, 3.8) is 0 Å². The Morgan fingerprint density at radius 2 is 1.52 bits per heavy atom. The van der Waals surface area contributed by atoms with Gasteiger partial charge in [-0.2, -0.15) is 13.2 Å². The highest BCUT2D eigenvalue weighted by molar-refractivity contribution is 6.24. The second-order valence-electron chi connectivity index (χ2n) is 17.5. The summed E-state index contributed by atoms with van der Waals surface area (Å²) < 4.78 is 57.5. The Kier molecular flexibility index (Phi) is 14.3. The van der Waals surface area contributed by atoms with Crippen molar-refractivity contribution >= 4 is 46.7 Å². The topological polar surface area (TPSA) is 169 Å². The smallest absolute Gasteiger partial charge is 0.367 e. The Labute approximate surface area is 378 Å². The lowest BCUT2D eigenvalue weighted by molar-refractivity contribution is -0.138. The Hall–Kier alpha value is -6.49. The van der Waals surface area contributed by atoms with Crippen LogP contribution < -0.4 is 21.1 Å². The molecule has 0 bridgehead atoms. The molecule has 348 valence electrons. The van der Waals surface area contributed by atoms with Crippen molar-refractivity contribution < 1.29 is 46.3 Å². The third kappa shape index (κ3) is 10.3. The summed E-state index contributed by atoms with van der Waals surface area (Å²) in [4.78, 5) is 96.3. The highest BCUT2D eigenvalue weighted by Crippen LogP contribution is 2.37. The summed E-state index contributed by atoms with van der Waals surface area (Å²) in [7, 11) is 2.00. The van der Waals surface area contributed by atoms with Crippen LogP contribution >= 0.6 is 0 Å². The number of unbranched alkanes of at least 4 members (excludes halogenated alkanes) is 6. The summed E-state index contributed by atoms with van der Waals surface area (Å²) in [5, 5.41) is 4.81. The molecule has 2 saturated heterocycles. The van der Waals surface area contributed by atoms with E-state index in [0.717, 1.165) is 55.2 Å². The van der Waals surface area contributed by atoms with Gasteiger partial charge in [0.2, 0.25) is 17.4 Å². The van der Waals surface area contributed by atoms with E-state index in [1.165, 1.54) is 24.3 Å². The minimum atomic E-state index is -4.98. The first-order valence-corrected chi connectivity index (χ1v) is 22.3. The molecule has 1 unspecified atom stereocenters. The highest BCUT2D eigenvalue weighted by Gasteiger charge is 2.45. The van der Waals surface area contributed by atoms with E-state index in [1.54, 1.807) is 24.3 Å². The lowest BCUT2D eigenvalue weighted by Gasteiger charge is -2.44. The van der Waals surface area contributed by atoms with Gasteiger partial charge in [-0.15, -0.1) is 0 Å². The van der Waals surface area contributed by atoms with Crippen molar-refractivity contribution in [3.8, 4) is 11.1 Å². The van der Waals surface area contributed by atoms with Gasteiger partial charge in [0.15, 0.2) is 5.78 Å². The van der Waals surface area contributed by atoms with Crippen LogP contribution in [0.4, 0.5) is 28.9 Å². The van der Waals surface area contributed by atoms with Crippen molar-refractivity contribution in [2.75, 3.05) is 30.4 Å². The van der Waals surface area contributed by atoms with Crippen molar-refractivity contribution in [3.05, 3.63) is 116 Å². The van der Waals surface area contributed by atoms with E-state index in [-0.39, 0.29) is 59.5 Å². The molecule has 1 aromatic heterocycles. The number of alkyl halides is 3. The molecule has 5 amide bonds. The molecule has 66 heavy (non-hydrogen) atoms. The van der Waals surface area contributed by atoms with Gasteiger partial charge in [0.05, 0.1) is 33.6 Å². The fourth-order valence-electron chi connectivity index (χ4n) is 9.11. The monoisotopic (exact) mass is 912 g/mol. The molecule has 13 nitrogen and oxygen atoms in total. The molecule has 2 fully saturated rings. The minimum Gasteiger partial charge on any atom is -0.367 e. The summed E-state index contributed by atoms with van der Waals surface area (Å²) in [6.45, 7) is 5.16. The van der Waals surface area contributed by atoms with E-state index < -0.39 is 64.3 Å². The van der Waals surface area contributed by atoms with E-state index in [0.29, 0.717) is 48.8 Å². The van der Waals surface area contributed by atoms with Crippen LogP contribution in [0, 0.1) is 5.82 Å². The maximum atomic E-state index is 15.8. The number of ketones is 1. The van der Waals surface area contributed by atoms with Gasteiger partial charge in [-0.1, -0.05) is 62.4 Å². The molecule has 17 heteroatoms. The number of hydrogen-bond acceptors (Lipinski definition) is 9. The minimum absolute atomic E-state index is 0.0521. The number of likely N-dealkylation sites (N-methyl/N-ethyl adjacent to an activating group) is 1. The summed E-state index contributed by atoms with van der Waals surface area (Å²) in [6.07, 6.45) is 2.49. The van der Waals surface area contributed by atoms with Crippen molar-refractivity contribution in [2.24, 2.45) is 0 Å². The lowest BCUT2D eigenvalue weighted by Crippen LogP contribution is -2.55. The number of carbonyl (C=O) groups is 6. The van der Waals surface area contributed by atoms with Crippen molar-refractivity contribution in [1.82, 2.24) is 20.1 Å². The van der Waals surface area contributed by atoms with Gasteiger partial charge in [-0.05, 0) is 82.0 Å². The fourth-order valence-corrected chi connectivity index (χ4v) is 9.11. The summed E-state index contributed by atoms with van der Waals surface area (Å²) in [6, 6.07) is 13.7. The maximum absolute atomic E-state index is 15.8. The molecule has 0 aliphatic carbocycles. The maximum Gasteiger partial charge on any atom is 0.417 e. The molecule has 4 aromatic rings. The second kappa shape index (κ2) is 19.9. The lowest BCUT2D eigenvalue weighted by atomic mass is 9.97. The average Bonchev–Trinajstić information content (AvgIpc) is 3.52. The molecule has 3 aliphatic rings. The first-order chi connectivity index (χ1) is 31.4. The number of nitrogens with zero attached hydrogens (tertiary/aromatic N) is 3. The number of fused-ring (bicyclic) bond motifs is 1. The number of hydrogen-bond donors (Lipinski definition) is 3. The SMILES string of the molecule is C[C@@H]1CN(c2ccc(-c3ccc(C(=O)CCCCCCCCCc4cccc5c4C(=O)N(C4CCC(=O)NC4=O)C5=O)cc3F)cc2NC(=O)c2c[nH]c(=O)cc2C(F)(F)F)C[C@H](C)N1C. The number of H-pyrrole nitrogens is 1. The number of halogens is 4. The number of aryl methyl sites for hydroxylation is 1. The largest absolute Gasteiger partial charge is 0.417 e. The van der Waals surface area contributed by atoms with E-state index in [9.17, 15) is 46.7 Å². The van der Waals surface area contributed by atoms with Gasteiger partial charge >= 0.3 is 6.18 Å². The third-order valence-corrected chi connectivity index (χ3v) is 12.9. The van der Waals surface area contributed by atoms with Gasteiger partial charge in [0.1, 0.15) is 11.9 Å². The molecule has 4 heterocycles. The number of imide groups is 2.